The van der Waals surface area contributed by atoms with Crippen LogP contribution >= 0.6 is 0 Å². The quantitative estimate of drug-likeness (QED) is 0.289. The molecule has 0 saturated heterocycles. The van der Waals surface area contributed by atoms with E-state index in [0.717, 1.165) is 0 Å². The minimum atomic E-state index is 0. The van der Waals surface area contributed by atoms with Crippen molar-refractivity contribution in [2.24, 2.45) is 0 Å². The van der Waals surface area contributed by atoms with Crippen LogP contribution in [-0.4, -0.2) is 0 Å². The van der Waals surface area contributed by atoms with Crippen LogP contribution in [0.4, 0.5) is 0 Å². The van der Waals surface area contributed by atoms with Crippen molar-refractivity contribution >= 4 is 0 Å². The van der Waals surface area contributed by atoms with Crippen molar-refractivity contribution in [3.8, 4) is 6.07 Å². The Morgan fingerprint density at radius 2 is 1.60 bits per heavy atom. The summed E-state index contributed by atoms with van der Waals surface area (Å²) in [6.45, 7) is 1.43. The van der Waals surface area contributed by atoms with E-state index in [-0.39, 0.29) is 63.8 Å². The SMILES string of the molecule is CC#N.[Cl-].[K+]. The van der Waals surface area contributed by atoms with Crippen LogP contribution < -0.4 is 63.8 Å². The van der Waals surface area contributed by atoms with E-state index < -0.39 is 0 Å². The Kier molecular flexibility index (Phi) is 58.4. The van der Waals surface area contributed by atoms with E-state index >= 15 is 0 Å². The van der Waals surface area contributed by atoms with Crippen molar-refractivity contribution in [3.63, 3.8) is 0 Å². The molecule has 0 heterocycles. The van der Waals surface area contributed by atoms with Crippen LogP contribution in [0.3, 0.4) is 0 Å². The van der Waals surface area contributed by atoms with Gasteiger partial charge in [0.1, 0.15) is 0 Å². The third kappa shape index (κ3) is 31.5. The van der Waals surface area contributed by atoms with Gasteiger partial charge in [0.2, 0.25) is 0 Å². The second-order valence-electron chi connectivity index (χ2n) is 0.224. The maximum Gasteiger partial charge on any atom is 1.00 e. The van der Waals surface area contributed by atoms with Gasteiger partial charge in [0, 0.05) is 6.92 Å². The molecule has 0 N–H and O–H groups in total. The zero-order chi connectivity index (χ0) is 2.71. The molecule has 0 saturated carbocycles. The fourth-order valence-corrected chi connectivity index (χ4v) is 0. The molecule has 0 atom stereocenters. The molecule has 0 bridgehead atoms. The van der Waals surface area contributed by atoms with E-state index in [0.29, 0.717) is 0 Å². The molecule has 0 aromatic heterocycles. The average molecular weight is 116 g/mol. The Bertz CT molecular complexity index is 31.1. The van der Waals surface area contributed by atoms with Crippen LogP contribution in [0.25, 0.3) is 0 Å². The van der Waals surface area contributed by atoms with Crippen LogP contribution in [0.5, 0.6) is 0 Å². The van der Waals surface area contributed by atoms with Gasteiger partial charge in [0.05, 0.1) is 6.07 Å². The van der Waals surface area contributed by atoms with E-state index in [1.165, 1.54) is 6.92 Å². The Morgan fingerprint density at radius 1 is 1.60 bits per heavy atom. The summed E-state index contributed by atoms with van der Waals surface area (Å²) in [7, 11) is 0. The Labute approximate surface area is 80.6 Å². The normalized spacial score (nSPS) is 1.60. The van der Waals surface area contributed by atoms with Crippen molar-refractivity contribution in [3.05, 3.63) is 0 Å². The molecule has 0 aliphatic heterocycles. The summed E-state index contributed by atoms with van der Waals surface area (Å²) >= 11 is 0. The summed E-state index contributed by atoms with van der Waals surface area (Å²) in [4.78, 5) is 0. The number of halogens is 1. The Balaban J connectivity index is -0.0000000200. The predicted molar refractivity (Wildman–Crippen MR) is 11.3 cm³/mol. The number of rotatable bonds is 0. The second kappa shape index (κ2) is 18.1. The van der Waals surface area contributed by atoms with Crippen molar-refractivity contribution in [2.45, 2.75) is 6.92 Å². The van der Waals surface area contributed by atoms with E-state index in [2.05, 4.69) is 0 Å². The van der Waals surface area contributed by atoms with E-state index in [1.807, 2.05) is 0 Å². The zero-order valence-electron chi connectivity index (χ0n) is 3.33. The van der Waals surface area contributed by atoms with Crippen LogP contribution in [0.2, 0.25) is 0 Å². The van der Waals surface area contributed by atoms with Gasteiger partial charge in [-0.2, -0.15) is 5.26 Å². The van der Waals surface area contributed by atoms with E-state index in [4.69, 9.17) is 5.26 Å². The monoisotopic (exact) mass is 115 g/mol. The maximum absolute atomic E-state index is 7.32. The van der Waals surface area contributed by atoms with Gasteiger partial charge in [-0.3, -0.25) is 0 Å². The van der Waals surface area contributed by atoms with E-state index in [9.17, 15) is 0 Å². The molecule has 0 rings (SSSR count). The molecule has 24 valence electrons. The number of hydrogen-bond acceptors (Lipinski definition) is 1. The molecule has 0 aromatic rings. The first-order valence-electron chi connectivity index (χ1n) is 0.724. The molecule has 0 aromatic carbocycles. The topological polar surface area (TPSA) is 23.8 Å². The summed E-state index contributed by atoms with van der Waals surface area (Å²) in [5.74, 6) is 0. The van der Waals surface area contributed by atoms with Crippen molar-refractivity contribution in [1.29, 1.82) is 5.26 Å². The molecule has 0 fully saturated rings. The number of nitrogens with zero attached hydrogens (tertiary/aromatic N) is 1. The molecule has 0 amide bonds. The molecule has 0 unspecified atom stereocenters. The van der Waals surface area contributed by atoms with Gasteiger partial charge in [0.25, 0.3) is 0 Å². The van der Waals surface area contributed by atoms with Crippen LogP contribution in [0, 0.1) is 11.3 Å². The fraction of sp³-hybridized carbons (Fsp3) is 0.500. The first kappa shape index (κ1) is 16.1. The molecule has 0 radical (unpaired) electrons. The summed E-state index contributed by atoms with van der Waals surface area (Å²) in [5.41, 5.74) is 0. The van der Waals surface area contributed by atoms with Gasteiger partial charge < -0.3 is 12.4 Å². The molecular formula is C2H3ClKN. The molecule has 1 nitrogen and oxygen atoms in total. The van der Waals surface area contributed by atoms with Gasteiger partial charge in [0.15, 0.2) is 0 Å². The van der Waals surface area contributed by atoms with Crippen molar-refractivity contribution < 1.29 is 63.8 Å². The van der Waals surface area contributed by atoms with Gasteiger partial charge in [-0.15, -0.1) is 0 Å². The Morgan fingerprint density at radius 3 is 1.60 bits per heavy atom. The summed E-state index contributed by atoms with van der Waals surface area (Å²) in [6.07, 6.45) is 0. The molecular weight excluding hydrogens is 113 g/mol. The minimum Gasteiger partial charge on any atom is -1.00 e. The van der Waals surface area contributed by atoms with Crippen molar-refractivity contribution in [1.82, 2.24) is 0 Å². The fourth-order valence-electron chi connectivity index (χ4n) is 0. The number of nitriles is 1. The third-order valence-corrected chi connectivity index (χ3v) is 0. The van der Waals surface area contributed by atoms with Gasteiger partial charge in [-0.1, -0.05) is 0 Å². The van der Waals surface area contributed by atoms with Crippen LogP contribution in [-0.2, 0) is 0 Å². The maximum atomic E-state index is 7.32. The minimum absolute atomic E-state index is 0. The molecule has 0 aliphatic carbocycles. The van der Waals surface area contributed by atoms with Crippen molar-refractivity contribution in [2.75, 3.05) is 0 Å². The number of hydrogen-bond donors (Lipinski definition) is 0. The Hall–Kier alpha value is 1.42. The third-order valence-electron chi connectivity index (χ3n) is 0. The molecule has 3 heteroatoms. The summed E-state index contributed by atoms with van der Waals surface area (Å²) in [5, 5.41) is 7.32. The first-order chi connectivity index (χ1) is 1.41. The largest absolute Gasteiger partial charge is 1.00 e. The van der Waals surface area contributed by atoms with Gasteiger partial charge in [-0.25, -0.2) is 0 Å². The molecule has 0 aliphatic rings. The van der Waals surface area contributed by atoms with Crippen LogP contribution in [0.1, 0.15) is 6.92 Å². The van der Waals surface area contributed by atoms with Gasteiger partial charge >= 0.3 is 51.4 Å². The van der Waals surface area contributed by atoms with E-state index in [1.54, 1.807) is 6.07 Å². The van der Waals surface area contributed by atoms with Crippen LogP contribution in [0.15, 0.2) is 0 Å². The summed E-state index contributed by atoms with van der Waals surface area (Å²) < 4.78 is 0. The standard InChI is InChI=1S/C2H3N.ClH.K/c1-2-3;;/h1H3;1H;/q;;+1/p-1. The first-order valence-corrected chi connectivity index (χ1v) is 0.724. The molecule has 5 heavy (non-hydrogen) atoms. The second-order valence-corrected chi connectivity index (χ2v) is 0.224. The summed E-state index contributed by atoms with van der Waals surface area (Å²) in [6, 6.07) is 1.75. The predicted octanol–water partition coefficient (Wildman–Crippen LogP) is -5.46. The average Bonchev–Trinajstić information content (AvgIpc) is 0.918. The zero-order valence-corrected chi connectivity index (χ0v) is 7.20. The molecule has 0 spiro atoms. The smallest absolute Gasteiger partial charge is 1.00 e. The van der Waals surface area contributed by atoms with Gasteiger partial charge in [-0.05, 0) is 0 Å².